The number of aromatic amines is 1. The average molecular weight is 321 g/mol. The second-order valence-electron chi connectivity index (χ2n) is 4.25. The summed E-state index contributed by atoms with van der Waals surface area (Å²) < 4.78 is 1.90. The molecule has 1 aromatic carbocycles. The summed E-state index contributed by atoms with van der Waals surface area (Å²) in [6.07, 6.45) is 1.94. The lowest BCUT2D eigenvalue weighted by atomic mass is 10.3. The molecule has 20 heavy (non-hydrogen) atoms. The SMILES string of the molecule is Clc1c(CSc2nc3ccccc3[nH]2)nc2sccn12. The zero-order valence-corrected chi connectivity index (χ0v) is 12.6. The number of fused-ring (bicyclic) bond motifs is 2. The zero-order chi connectivity index (χ0) is 13.5. The van der Waals surface area contributed by atoms with Crippen LogP contribution in [0.15, 0.2) is 41.0 Å². The number of aromatic nitrogens is 4. The van der Waals surface area contributed by atoms with Crippen LogP contribution < -0.4 is 0 Å². The fourth-order valence-corrected chi connectivity index (χ4v) is 3.96. The Morgan fingerprint density at radius 2 is 2.20 bits per heavy atom. The number of rotatable bonds is 3. The fourth-order valence-electron chi connectivity index (χ4n) is 2.03. The Hall–Kier alpha value is -1.50. The number of hydrogen-bond donors (Lipinski definition) is 1. The van der Waals surface area contributed by atoms with Crippen molar-refractivity contribution in [3.05, 3.63) is 46.7 Å². The summed E-state index contributed by atoms with van der Waals surface area (Å²) >= 11 is 9.50. The molecule has 0 amide bonds. The molecule has 7 heteroatoms. The van der Waals surface area contributed by atoms with Gasteiger partial charge in [-0.05, 0) is 12.1 Å². The maximum Gasteiger partial charge on any atom is 0.195 e. The lowest BCUT2D eigenvalue weighted by Gasteiger charge is -1.95. The number of thioether (sulfide) groups is 1. The molecule has 0 spiro atoms. The van der Waals surface area contributed by atoms with Gasteiger partial charge in [0.25, 0.3) is 0 Å². The second kappa shape index (κ2) is 4.80. The van der Waals surface area contributed by atoms with Gasteiger partial charge in [-0.25, -0.2) is 9.97 Å². The molecule has 4 aromatic rings. The van der Waals surface area contributed by atoms with Gasteiger partial charge in [0.1, 0.15) is 5.15 Å². The predicted octanol–water partition coefficient (Wildman–Crippen LogP) is 4.22. The maximum absolute atomic E-state index is 6.31. The van der Waals surface area contributed by atoms with E-state index in [0.29, 0.717) is 10.9 Å². The smallest absolute Gasteiger partial charge is 0.195 e. The van der Waals surface area contributed by atoms with Crippen LogP contribution in [0.1, 0.15) is 5.69 Å². The molecule has 3 heterocycles. The molecule has 0 bridgehead atoms. The number of imidazole rings is 2. The zero-order valence-electron chi connectivity index (χ0n) is 10.2. The summed E-state index contributed by atoms with van der Waals surface area (Å²) in [7, 11) is 0. The molecule has 4 rings (SSSR count). The van der Waals surface area contributed by atoms with Crippen LogP contribution in [0.3, 0.4) is 0 Å². The summed E-state index contributed by atoms with van der Waals surface area (Å²) in [4.78, 5) is 13.3. The normalized spacial score (nSPS) is 11.7. The molecule has 4 nitrogen and oxygen atoms in total. The molecule has 0 radical (unpaired) electrons. The van der Waals surface area contributed by atoms with Crippen molar-refractivity contribution in [2.75, 3.05) is 0 Å². The van der Waals surface area contributed by atoms with Gasteiger partial charge in [0, 0.05) is 17.3 Å². The van der Waals surface area contributed by atoms with E-state index in [4.69, 9.17) is 11.6 Å². The molecule has 1 N–H and O–H groups in total. The highest BCUT2D eigenvalue weighted by atomic mass is 35.5. The molecule has 0 saturated heterocycles. The van der Waals surface area contributed by atoms with Gasteiger partial charge in [-0.15, -0.1) is 11.3 Å². The van der Waals surface area contributed by atoms with Crippen LogP contribution in [0.4, 0.5) is 0 Å². The van der Waals surface area contributed by atoms with Crippen molar-refractivity contribution < 1.29 is 0 Å². The Morgan fingerprint density at radius 3 is 3.05 bits per heavy atom. The minimum absolute atomic E-state index is 0.685. The van der Waals surface area contributed by atoms with Crippen LogP contribution in [0, 0.1) is 0 Å². The first-order valence-electron chi connectivity index (χ1n) is 5.99. The van der Waals surface area contributed by atoms with E-state index in [1.54, 1.807) is 23.1 Å². The average Bonchev–Trinajstić information content (AvgIpc) is 3.13. The Morgan fingerprint density at radius 1 is 1.30 bits per heavy atom. The molecule has 0 fully saturated rings. The lowest BCUT2D eigenvalue weighted by Crippen LogP contribution is -1.84. The number of benzene rings is 1. The van der Waals surface area contributed by atoms with Crippen LogP contribution >= 0.6 is 34.7 Å². The summed E-state index contributed by atoms with van der Waals surface area (Å²) in [6.45, 7) is 0. The molecule has 0 saturated carbocycles. The van der Waals surface area contributed by atoms with E-state index >= 15 is 0 Å². The van der Waals surface area contributed by atoms with Crippen molar-refractivity contribution in [3.63, 3.8) is 0 Å². The van der Waals surface area contributed by atoms with Crippen molar-refractivity contribution >= 4 is 50.7 Å². The van der Waals surface area contributed by atoms with Gasteiger partial charge in [0.15, 0.2) is 10.1 Å². The third-order valence-corrected chi connectivity index (χ3v) is 5.02. The number of para-hydroxylation sites is 2. The third-order valence-electron chi connectivity index (χ3n) is 2.98. The first-order chi connectivity index (χ1) is 9.81. The number of halogens is 1. The van der Waals surface area contributed by atoms with Gasteiger partial charge in [0.2, 0.25) is 0 Å². The van der Waals surface area contributed by atoms with Gasteiger partial charge in [-0.1, -0.05) is 35.5 Å². The Balaban J connectivity index is 1.60. The van der Waals surface area contributed by atoms with Crippen molar-refractivity contribution in [2.45, 2.75) is 10.9 Å². The van der Waals surface area contributed by atoms with Gasteiger partial charge in [-0.3, -0.25) is 4.40 Å². The highest BCUT2D eigenvalue weighted by molar-refractivity contribution is 7.98. The second-order valence-corrected chi connectivity index (χ2v) is 6.45. The van der Waals surface area contributed by atoms with Crippen LogP contribution in [-0.2, 0) is 5.75 Å². The molecule has 100 valence electrons. The number of nitrogens with one attached hydrogen (secondary N) is 1. The third kappa shape index (κ3) is 2.00. The monoisotopic (exact) mass is 320 g/mol. The summed E-state index contributed by atoms with van der Waals surface area (Å²) in [5.41, 5.74) is 2.92. The quantitative estimate of drug-likeness (QED) is 0.575. The fraction of sp³-hybridized carbons (Fsp3) is 0.0769. The van der Waals surface area contributed by atoms with E-state index in [0.717, 1.165) is 26.8 Å². The van der Waals surface area contributed by atoms with E-state index < -0.39 is 0 Å². The van der Waals surface area contributed by atoms with Gasteiger partial charge in [-0.2, -0.15) is 0 Å². The summed E-state index contributed by atoms with van der Waals surface area (Å²) in [5, 5.41) is 3.55. The van der Waals surface area contributed by atoms with Gasteiger partial charge < -0.3 is 4.98 Å². The standard InChI is InChI=1S/C13H9ClN4S2/c14-11-10(17-13-18(11)5-6-19-13)7-20-12-15-8-3-1-2-4-9(8)16-12/h1-6H,7H2,(H,15,16). The Bertz CT molecular complexity index is 859. The van der Waals surface area contributed by atoms with Crippen molar-refractivity contribution in [1.29, 1.82) is 0 Å². The number of hydrogen-bond acceptors (Lipinski definition) is 4. The number of thiazole rings is 1. The van der Waals surface area contributed by atoms with Crippen molar-refractivity contribution in [2.24, 2.45) is 0 Å². The largest absolute Gasteiger partial charge is 0.333 e. The molecule has 0 atom stereocenters. The van der Waals surface area contributed by atoms with Crippen LogP contribution in [-0.4, -0.2) is 19.4 Å². The highest BCUT2D eigenvalue weighted by Crippen LogP contribution is 2.28. The molecule has 0 aliphatic carbocycles. The minimum Gasteiger partial charge on any atom is -0.333 e. The molecule has 3 aromatic heterocycles. The topological polar surface area (TPSA) is 46.0 Å². The Labute approximate surface area is 127 Å². The molecule has 0 aliphatic rings. The van der Waals surface area contributed by atoms with E-state index in [9.17, 15) is 0 Å². The number of nitrogens with zero attached hydrogens (tertiary/aromatic N) is 3. The van der Waals surface area contributed by atoms with E-state index in [1.807, 2.05) is 40.2 Å². The van der Waals surface area contributed by atoms with Crippen molar-refractivity contribution in [1.82, 2.24) is 19.4 Å². The molecular formula is C13H9ClN4S2. The summed E-state index contributed by atoms with van der Waals surface area (Å²) in [5.74, 6) is 0.701. The van der Waals surface area contributed by atoms with Gasteiger partial charge >= 0.3 is 0 Å². The van der Waals surface area contributed by atoms with E-state index in [1.165, 1.54) is 0 Å². The highest BCUT2D eigenvalue weighted by Gasteiger charge is 2.12. The summed E-state index contributed by atoms with van der Waals surface area (Å²) in [6, 6.07) is 7.99. The minimum atomic E-state index is 0.685. The van der Waals surface area contributed by atoms with Gasteiger partial charge in [0.05, 0.1) is 16.7 Å². The molecule has 0 aliphatic heterocycles. The first kappa shape index (κ1) is 12.3. The first-order valence-corrected chi connectivity index (χ1v) is 8.23. The van der Waals surface area contributed by atoms with Crippen LogP contribution in [0.25, 0.3) is 16.0 Å². The molecular weight excluding hydrogens is 312 g/mol. The Kier molecular flexibility index (Phi) is 2.94. The van der Waals surface area contributed by atoms with E-state index in [-0.39, 0.29) is 0 Å². The van der Waals surface area contributed by atoms with Crippen molar-refractivity contribution in [3.8, 4) is 0 Å². The molecule has 0 unspecified atom stereocenters. The van der Waals surface area contributed by atoms with Crippen LogP contribution in [0.5, 0.6) is 0 Å². The van der Waals surface area contributed by atoms with Crippen LogP contribution in [0.2, 0.25) is 5.15 Å². The predicted molar refractivity (Wildman–Crippen MR) is 83.7 cm³/mol. The number of H-pyrrole nitrogens is 1. The lowest BCUT2D eigenvalue weighted by molar-refractivity contribution is 1.07. The maximum atomic E-state index is 6.31. The van der Waals surface area contributed by atoms with E-state index in [2.05, 4.69) is 15.0 Å².